The lowest BCUT2D eigenvalue weighted by Crippen LogP contribution is -2.60. The van der Waals surface area contributed by atoms with Crippen LogP contribution >= 0.6 is 0 Å². The maximum absolute atomic E-state index is 10.6. The molecule has 2 heterocycles. The van der Waals surface area contributed by atoms with Crippen LogP contribution in [0.2, 0.25) is 0 Å². The molecule has 2 fully saturated rings. The lowest BCUT2D eigenvalue weighted by Gasteiger charge is -2.41. The van der Waals surface area contributed by atoms with Gasteiger partial charge in [-0.15, -0.1) is 0 Å². The summed E-state index contributed by atoms with van der Waals surface area (Å²) in [5.74, 6) is 0. The van der Waals surface area contributed by atoms with Gasteiger partial charge in [-0.2, -0.15) is 0 Å². The number of carbonyl (C=O) groups is 1. The van der Waals surface area contributed by atoms with Gasteiger partial charge >= 0.3 is 0 Å². The molecule has 2 aliphatic heterocycles. The van der Waals surface area contributed by atoms with Gasteiger partial charge in [-0.05, 0) is 0 Å². The quantitative estimate of drug-likeness (QED) is 0.271. The van der Waals surface area contributed by atoms with Crippen molar-refractivity contribution < 1.29 is 49.6 Å². The van der Waals surface area contributed by atoms with E-state index >= 15 is 0 Å². The highest BCUT2D eigenvalue weighted by molar-refractivity contribution is 5.57. The first kappa shape index (κ1) is 17.7. The fourth-order valence-corrected chi connectivity index (χ4v) is 2.49. The number of rotatable bonds is 5. The Hall–Kier alpha value is -0.690. The van der Waals surface area contributed by atoms with Crippen molar-refractivity contribution in [2.24, 2.45) is 0 Å². The molecule has 0 amide bonds. The van der Waals surface area contributed by atoms with E-state index in [1.165, 1.54) is 0 Å². The maximum Gasteiger partial charge on any atom is 0.187 e. The van der Waals surface area contributed by atoms with Crippen LogP contribution < -0.4 is 0 Å². The van der Waals surface area contributed by atoms with Crippen LogP contribution in [-0.4, -0.2) is 105 Å². The molecule has 0 radical (unpaired) electrons. The van der Waals surface area contributed by atoms with E-state index in [0.717, 1.165) is 0 Å². The SMILES string of the molecule is O=C[C@@H](O)[C@@H]1OC[C@H](O)[C@H]1O[C@H]1O[C@@H](CO)[C@@H](O)[C@@H](O)[C@@H]1O. The topological polar surface area (TPSA) is 166 Å². The normalized spacial score (nSPS) is 47.4. The summed E-state index contributed by atoms with van der Waals surface area (Å²) in [4.78, 5) is 10.6. The number of carbonyl (C=O) groups excluding carboxylic acids is 1. The Kier molecular flexibility index (Phi) is 5.82. The summed E-state index contributed by atoms with van der Waals surface area (Å²) in [5, 5.41) is 57.6. The van der Waals surface area contributed by atoms with Gasteiger partial charge in [0.05, 0.1) is 13.2 Å². The van der Waals surface area contributed by atoms with E-state index in [0.29, 0.717) is 0 Å². The molecule has 10 nitrogen and oxygen atoms in total. The van der Waals surface area contributed by atoms with Crippen molar-refractivity contribution in [3.63, 3.8) is 0 Å². The van der Waals surface area contributed by atoms with Crippen LogP contribution in [0.15, 0.2) is 0 Å². The summed E-state index contributed by atoms with van der Waals surface area (Å²) in [6.45, 7) is -0.827. The molecule has 10 heteroatoms. The van der Waals surface area contributed by atoms with Crippen LogP contribution in [0.25, 0.3) is 0 Å². The van der Waals surface area contributed by atoms with Gasteiger partial charge in [-0.1, -0.05) is 0 Å². The molecule has 0 aromatic heterocycles. The smallest absolute Gasteiger partial charge is 0.187 e. The highest BCUT2D eigenvalue weighted by Crippen LogP contribution is 2.27. The van der Waals surface area contributed by atoms with Gasteiger partial charge in [0.15, 0.2) is 12.6 Å². The van der Waals surface area contributed by atoms with Crippen molar-refractivity contribution in [2.75, 3.05) is 13.2 Å². The predicted molar refractivity (Wildman–Crippen MR) is 66.5 cm³/mol. The van der Waals surface area contributed by atoms with Gasteiger partial charge in [-0.3, -0.25) is 0 Å². The molecule has 2 aliphatic rings. The number of hydrogen-bond donors (Lipinski definition) is 6. The van der Waals surface area contributed by atoms with Gasteiger partial charge < -0.3 is 49.6 Å². The fraction of sp³-hybridized carbons (Fsp3) is 0.917. The average Bonchev–Trinajstić information content (AvgIpc) is 2.88. The van der Waals surface area contributed by atoms with Gasteiger partial charge in [0, 0.05) is 0 Å². The molecule has 0 bridgehead atoms. The van der Waals surface area contributed by atoms with Crippen LogP contribution in [-0.2, 0) is 19.0 Å². The molecule has 0 aromatic carbocycles. The third kappa shape index (κ3) is 3.30. The third-order valence-electron chi connectivity index (χ3n) is 3.78. The maximum atomic E-state index is 10.6. The minimum atomic E-state index is -1.65. The summed E-state index contributed by atoms with van der Waals surface area (Å²) < 4.78 is 15.5. The third-order valence-corrected chi connectivity index (χ3v) is 3.78. The Bertz CT molecular complexity index is 377. The van der Waals surface area contributed by atoms with Crippen molar-refractivity contribution >= 4 is 6.29 Å². The number of aliphatic hydroxyl groups is 6. The molecule has 128 valence electrons. The van der Waals surface area contributed by atoms with E-state index in [4.69, 9.17) is 19.3 Å². The molecular weight excluding hydrogens is 304 g/mol. The highest BCUT2D eigenvalue weighted by Gasteiger charge is 2.49. The van der Waals surface area contributed by atoms with Gasteiger partial charge in [-0.25, -0.2) is 0 Å². The van der Waals surface area contributed by atoms with Crippen LogP contribution in [0.5, 0.6) is 0 Å². The second-order valence-electron chi connectivity index (χ2n) is 5.29. The fourth-order valence-electron chi connectivity index (χ4n) is 2.49. The zero-order valence-corrected chi connectivity index (χ0v) is 11.5. The summed E-state index contributed by atoms with van der Waals surface area (Å²) >= 11 is 0. The minimum Gasteiger partial charge on any atom is -0.394 e. The average molecular weight is 324 g/mol. The second kappa shape index (κ2) is 7.25. The predicted octanol–water partition coefficient (Wildman–Crippen LogP) is -4.51. The molecule has 0 spiro atoms. The van der Waals surface area contributed by atoms with Gasteiger partial charge in [0.2, 0.25) is 0 Å². The van der Waals surface area contributed by atoms with Crippen molar-refractivity contribution in [2.45, 2.75) is 55.1 Å². The first-order valence-corrected chi connectivity index (χ1v) is 6.79. The second-order valence-corrected chi connectivity index (χ2v) is 5.29. The van der Waals surface area contributed by atoms with Crippen molar-refractivity contribution in [1.82, 2.24) is 0 Å². The van der Waals surface area contributed by atoms with Gasteiger partial charge in [0.1, 0.15) is 48.8 Å². The number of ether oxygens (including phenoxy) is 3. The zero-order valence-electron chi connectivity index (χ0n) is 11.5. The van der Waals surface area contributed by atoms with Crippen LogP contribution in [0.4, 0.5) is 0 Å². The number of hydrogen-bond acceptors (Lipinski definition) is 10. The summed E-state index contributed by atoms with van der Waals surface area (Å²) in [6.07, 6.45) is -12.4. The van der Waals surface area contributed by atoms with Crippen molar-refractivity contribution in [3.8, 4) is 0 Å². The molecule has 6 N–H and O–H groups in total. The van der Waals surface area contributed by atoms with E-state index in [9.17, 15) is 30.3 Å². The summed E-state index contributed by atoms with van der Waals surface area (Å²) in [5.41, 5.74) is 0. The first-order valence-electron chi connectivity index (χ1n) is 6.79. The lowest BCUT2D eigenvalue weighted by atomic mass is 9.99. The molecular formula is C12H20O10. The standard InChI is InChI=1S/C12H20O10/c13-1-4(15)10-11(5(16)3-20-10)22-12-9(19)8(18)7(17)6(2-14)21-12/h1,4-12,14-19H,2-3H2/t4-,5+,6+,7-,8-,9+,10+,11-,12-/m1/s1. The molecule has 0 unspecified atom stereocenters. The molecule has 0 saturated carbocycles. The van der Waals surface area contributed by atoms with E-state index in [1.54, 1.807) is 0 Å². The number of aliphatic hydroxyl groups excluding tert-OH is 6. The molecule has 0 aromatic rings. The zero-order chi connectivity index (χ0) is 16.4. The Labute approximate surface area is 125 Å². The van der Waals surface area contributed by atoms with Crippen LogP contribution in [0.1, 0.15) is 0 Å². The van der Waals surface area contributed by atoms with Crippen LogP contribution in [0, 0.1) is 0 Å². The molecule has 9 atom stereocenters. The first-order chi connectivity index (χ1) is 10.4. The Balaban J connectivity index is 2.08. The monoisotopic (exact) mass is 324 g/mol. The van der Waals surface area contributed by atoms with Gasteiger partial charge in [0.25, 0.3) is 0 Å². The molecule has 0 aliphatic carbocycles. The molecule has 2 rings (SSSR count). The molecule has 2 saturated heterocycles. The highest BCUT2D eigenvalue weighted by atomic mass is 16.7. The van der Waals surface area contributed by atoms with Crippen molar-refractivity contribution in [3.05, 3.63) is 0 Å². The summed E-state index contributed by atoms with van der Waals surface area (Å²) in [6, 6.07) is 0. The largest absolute Gasteiger partial charge is 0.394 e. The Morgan fingerprint density at radius 1 is 1.18 bits per heavy atom. The minimum absolute atomic E-state index is 0.197. The number of aldehydes is 1. The lowest BCUT2D eigenvalue weighted by molar-refractivity contribution is -0.318. The van der Waals surface area contributed by atoms with E-state index in [2.05, 4.69) is 0 Å². The van der Waals surface area contributed by atoms with E-state index in [-0.39, 0.29) is 12.9 Å². The Morgan fingerprint density at radius 3 is 2.45 bits per heavy atom. The van der Waals surface area contributed by atoms with Crippen molar-refractivity contribution in [1.29, 1.82) is 0 Å². The van der Waals surface area contributed by atoms with E-state index < -0.39 is 61.7 Å². The van der Waals surface area contributed by atoms with E-state index in [1.807, 2.05) is 0 Å². The Morgan fingerprint density at radius 2 is 1.86 bits per heavy atom. The van der Waals surface area contributed by atoms with Crippen LogP contribution in [0.3, 0.4) is 0 Å². The summed E-state index contributed by atoms with van der Waals surface area (Å²) in [7, 11) is 0. The molecule has 22 heavy (non-hydrogen) atoms.